The molecule has 3 rings (SSSR count). The van der Waals surface area contributed by atoms with E-state index in [2.05, 4.69) is 14.7 Å². The molecule has 2 heterocycles. The van der Waals surface area contributed by atoms with Gasteiger partial charge in [-0.2, -0.15) is 4.37 Å². The van der Waals surface area contributed by atoms with Crippen LogP contribution in [0.25, 0.3) is 0 Å². The van der Waals surface area contributed by atoms with Crippen molar-refractivity contribution in [2.45, 2.75) is 31.2 Å². The van der Waals surface area contributed by atoms with Crippen molar-refractivity contribution in [2.24, 2.45) is 0 Å². The Labute approximate surface area is 98.4 Å². The zero-order valence-corrected chi connectivity index (χ0v) is 10.4. The normalized spacial score (nSPS) is 28.1. The zero-order valence-electron chi connectivity index (χ0n) is 8.72. The molecular weight excluding hydrogens is 246 g/mol. The van der Waals surface area contributed by atoms with Crippen molar-refractivity contribution in [3.63, 3.8) is 0 Å². The third-order valence-corrected chi connectivity index (χ3v) is 5.37. The van der Waals surface area contributed by atoms with Crippen molar-refractivity contribution in [3.05, 3.63) is 5.82 Å². The van der Waals surface area contributed by atoms with E-state index in [9.17, 15) is 8.42 Å². The summed E-state index contributed by atoms with van der Waals surface area (Å²) >= 11 is 1.34. The average Bonchev–Trinajstić information content (AvgIpc) is 2.76. The molecule has 1 aliphatic heterocycles. The minimum atomic E-state index is -2.84. The highest BCUT2D eigenvalue weighted by Crippen LogP contribution is 2.30. The molecule has 1 aromatic heterocycles. The first-order valence-corrected chi connectivity index (χ1v) is 8.02. The number of hydrogen-bond donors (Lipinski definition) is 1. The van der Waals surface area contributed by atoms with Gasteiger partial charge in [-0.15, -0.1) is 0 Å². The summed E-state index contributed by atoms with van der Waals surface area (Å²) < 4.78 is 26.9. The molecule has 0 bridgehead atoms. The predicted molar refractivity (Wildman–Crippen MR) is 62.6 cm³/mol. The Bertz CT molecular complexity index is 493. The van der Waals surface area contributed by atoms with Gasteiger partial charge in [-0.1, -0.05) is 0 Å². The molecule has 1 aliphatic carbocycles. The lowest BCUT2D eigenvalue weighted by Crippen LogP contribution is -2.05. The molecule has 2 aliphatic rings. The number of sulfone groups is 1. The van der Waals surface area contributed by atoms with Gasteiger partial charge in [0.05, 0.1) is 11.5 Å². The molecule has 1 N–H and O–H groups in total. The Balaban J connectivity index is 1.72. The number of aromatic nitrogens is 2. The van der Waals surface area contributed by atoms with Gasteiger partial charge in [0, 0.05) is 23.5 Å². The van der Waals surface area contributed by atoms with Crippen molar-refractivity contribution in [1.82, 2.24) is 9.36 Å². The van der Waals surface area contributed by atoms with Crippen molar-refractivity contribution in [2.75, 3.05) is 16.8 Å². The van der Waals surface area contributed by atoms with E-state index in [-0.39, 0.29) is 17.4 Å². The van der Waals surface area contributed by atoms with E-state index < -0.39 is 9.84 Å². The topological polar surface area (TPSA) is 72.0 Å². The number of nitrogens with one attached hydrogen (secondary N) is 1. The Hall–Kier alpha value is -0.690. The van der Waals surface area contributed by atoms with Crippen molar-refractivity contribution >= 4 is 26.5 Å². The van der Waals surface area contributed by atoms with E-state index in [1.54, 1.807) is 0 Å². The molecule has 0 radical (unpaired) electrons. The minimum absolute atomic E-state index is 0.0102. The Morgan fingerprint density at radius 2 is 2.12 bits per heavy atom. The smallest absolute Gasteiger partial charge is 0.202 e. The molecule has 16 heavy (non-hydrogen) atoms. The van der Waals surface area contributed by atoms with Gasteiger partial charge in [0.2, 0.25) is 5.13 Å². The summed E-state index contributed by atoms with van der Waals surface area (Å²) in [4.78, 5) is 4.37. The zero-order chi connectivity index (χ0) is 11.2. The molecule has 1 aromatic rings. The van der Waals surface area contributed by atoms with Crippen molar-refractivity contribution < 1.29 is 8.42 Å². The largest absolute Gasteiger partial charge is 0.358 e. The standard InChI is InChI=1S/C9H13N3O2S2/c13-16(14)4-3-6(5-16)8-11-9(15-12-8)10-7-1-2-7/h6-7H,1-5H2,(H,10,11,12). The van der Waals surface area contributed by atoms with Crippen LogP contribution >= 0.6 is 11.5 Å². The predicted octanol–water partition coefficient (Wildman–Crippen LogP) is 1.01. The van der Waals surface area contributed by atoms with Crippen LogP contribution in [-0.2, 0) is 9.84 Å². The molecule has 7 heteroatoms. The highest BCUT2D eigenvalue weighted by Gasteiger charge is 2.32. The number of hydrogen-bond acceptors (Lipinski definition) is 6. The second-order valence-corrected chi connectivity index (χ2v) is 7.46. The van der Waals surface area contributed by atoms with Gasteiger partial charge in [0.15, 0.2) is 9.84 Å². The highest BCUT2D eigenvalue weighted by molar-refractivity contribution is 7.91. The molecule has 1 unspecified atom stereocenters. The van der Waals surface area contributed by atoms with Crippen LogP contribution in [0.4, 0.5) is 5.13 Å². The molecule has 1 atom stereocenters. The Kier molecular flexibility index (Phi) is 2.39. The van der Waals surface area contributed by atoms with E-state index in [1.165, 1.54) is 24.4 Å². The summed E-state index contributed by atoms with van der Waals surface area (Å²) in [5.74, 6) is 1.21. The molecule has 0 spiro atoms. The summed E-state index contributed by atoms with van der Waals surface area (Å²) in [6.45, 7) is 0. The maximum Gasteiger partial charge on any atom is 0.202 e. The number of anilines is 1. The molecule has 0 aromatic carbocycles. The van der Waals surface area contributed by atoms with Crippen LogP contribution in [0.5, 0.6) is 0 Å². The first-order chi connectivity index (χ1) is 7.62. The van der Waals surface area contributed by atoms with Crippen LogP contribution in [0.2, 0.25) is 0 Å². The fraction of sp³-hybridized carbons (Fsp3) is 0.778. The molecule has 1 saturated heterocycles. The van der Waals surface area contributed by atoms with Crippen molar-refractivity contribution in [3.8, 4) is 0 Å². The summed E-state index contributed by atoms with van der Waals surface area (Å²) in [6.07, 6.45) is 3.07. The van der Waals surface area contributed by atoms with Crippen LogP contribution in [-0.4, -0.2) is 35.3 Å². The van der Waals surface area contributed by atoms with Crippen LogP contribution in [0.3, 0.4) is 0 Å². The Morgan fingerprint density at radius 3 is 2.75 bits per heavy atom. The molecule has 0 amide bonds. The van der Waals surface area contributed by atoms with Gasteiger partial charge in [0.25, 0.3) is 0 Å². The maximum atomic E-state index is 11.3. The lowest BCUT2D eigenvalue weighted by atomic mass is 10.1. The molecule has 88 valence electrons. The fourth-order valence-corrected chi connectivity index (χ4v) is 4.32. The van der Waals surface area contributed by atoms with Gasteiger partial charge in [-0.25, -0.2) is 13.4 Å². The summed E-state index contributed by atoms with van der Waals surface area (Å²) in [5, 5.41) is 4.11. The first kappa shape index (κ1) is 10.5. The van der Waals surface area contributed by atoms with Gasteiger partial charge in [-0.3, -0.25) is 0 Å². The van der Waals surface area contributed by atoms with E-state index in [1.807, 2.05) is 0 Å². The molecule has 1 saturated carbocycles. The lowest BCUT2D eigenvalue weighted by molar-refractivity contribution is 0.601. The molecule has 5 nitrogen and oxygen atoms in total. The number of rotatable bonds is 3. The second kappa shape index (κ2) is 3.66. The maximum absolute atomic E-state index is 11.3. The monoisotopic (exact) mass is 259 g/mol. The van der Waals surface area contributed by atoms with E-state index >= 15 is 0 Å². The van der Waals surface area contributed by atoms with Crippen molar-refractivity contribution in [1.29, 1.82) is 0 Å². The van der Waals surface area contributed by atoms with E-state index in [4.69, 9.17) is 0 Å². The lowest BCUT2D eigenvalue weighted by Gasteiger charge is -2.00. The Morgan fingerprint density at radius 1 is 1.31 bits per heavy atom. The van der Waals surface area contributed by atoms with Gasteiger partial charge in [0.1, 0.15) is 5.82 Å². The van der Waals surface area contributed by atoms with Gasteiger partial charge in [-0.05, 0) is 19.3 Å². The first-order valence-electron chi connectivity index (χ1n) is 5.43. The highest BCUT2D eigenvalue weighted by atomic mass is 32.2. The second-order valence-electron chi connectivity index (χ2n) is 4.48. The van der Waals surface area contributed by atoms with Crippen LogP contribution in [0, 0.1) is 0 Å². The summed E-state index contributed by atoms with van der Waals surface area (Å²) in [7, 11) is -2.84. The molecule has 2 fully saturated rings. The summed E-state index contributed by atoms with van der Waals surface area (Å²) in [6, 6.07) is 0.563. The van der Waals surface area contributed by atoms with Gasteiger partial charge >= 0.3 is 0 Å². The molecular formula is C9H13N3O2S2. The third kappa shape index (κ3) is 2.20. The van der Waals surface area contributed by atoms with E-state index in [0.717, 1.165) is 5.13 Å². The minimum Gasteiger partial charge on any atom is -0.358 e. The van der Waals surface area contributed by atoms with Crippen LogP contribution < -0.4 is 5.32 Å². The fourth-order valence-electron chi connectivity index (χ4n) is 1.86. The van der Waals surface area contributed by atoms with Gasteiger partial charge < -0.3 is 5.32 Å². The van der Waals surface area contributed by atoms with Crippen LogP contribution in [0.15, 0.2) is 0 Å². The third-order valence-electron chi connectivity index (χ3n) is 2.94. The average molecular weight is 259 g/mol. The summed E-state index contributed by atoms with van der Waals surface area (Å²) in [5.41, 5.74) is 0. The van der Waals surface area contributed by atoms with E-state index in [0.29, 0.717) is 18.3 Å². The number of nitrogens with zero attached hydrogens (tertiary/aromatic N) is 2. The SMILES string of the molecule is O=S1(=O)CCC(c2nsc(NC3CC3)n2)C1. The van der Waals surface area contributed by atoms with Crippen LogP contribution in [0.1, 0.15) is 31.0 Å². The quantitative estimate of drug-likeness (QED) is 0.877.